The predicted molar refractivity (Wildman–Crippen MR) is 75.8 cm³/mol. The average Bonchev–Trinajstić information content (AvgIpc) is 2.76. The zero-order valence-corrected chi connectivity index (χ0v) is 11.8. The summed E-state index contributed by atoms with van der Waals surface area (Å²) in [4.78, 5) is 0. The molecule has 18 heavy (non-hydrogen) atoms. The number of methoxy groups -OCH3 is 1. The first-order valence-corrected chi connectivity index (χ1v) is 7.01. The Morgan fingerprint density at radius 2 is 1.94 bits per heavy atom. The van der Waals surface area contributed by atoms with Crippen molar-refractivity contribution in [1.29, 1.82) is 0 Å². The summed E-state index contributed by atoms with van der Waals surface area (Å²) in [6.45, 7) is 4.33. The van der Waals surface area contributed by atoms with E-state index in [1.807, 2.05) is 0 Å². The van der Waals surface area contributed by atoms with Crippen molar-refractivity contribution in [3.63, 3.8) is 0 Å². The summed E-state index contributed by atoms with van der Waals surface area (Å²) >= 11 is 0. The molecule has 2 rings (SSSR count). The van der Waals surface area contributed by atoms with Crippen LogP contribution in [-0.4, -0.2) is 19.3 Å². The molecule has 0 saturated carbocycles. The van der Waals surface area contributed by atoms with Gasteiger partial charge in [0.1, 0.15) is 0 Å². The molecule has 0 bridgehead atoms. The molecule has 2 heteroatoms. The lowest BCUT2D eigenvalue weighted by Crippen LogP contribution is -2.41. The third kappa shape index (κ3) is 2.93. The van der Waals surface area contributed by atoms with Gasteiger partial charge in [-0.2, -0.15) is 0 Å². The summed E-state index contributed by atoms with van der Waals surface area (Å²) in [5, 5.41) is 0. The van der Waals surface area contributed by atoms with E-state index in [4.69, 9.17) is 10.5 Å². The molecule has 0 aliphatic heterocycles. The Balaban J connectivity index is 2.05. The van der Waals surface area contributed by atoms with E-state index in [1.54, 1.807) is 7.11 Å². The second kappa shape index (κ2) is 5.85. The molecule has 2 atom stereocenters. The maximum absolute atomic E-state index is 6.28. The third-order valence-electron chi connectivity index (χ3n) is 3.99. The number of ether oxygens (including phenoxy) is 1. The van der Waals surface area contributed by atoms with Crippen LogP contribution in [-0.2, 0) is 24.0 Å². The molecule has 0 saturated heterocycles. The topological polar surface area (TPSA) is 35.2 Å². The van der Waals surface area contributed by atoms with E-state index in [9.17, 15) is 0 Å². The van der Waals surface area contributed by atoms with Gasteiger partial charge in [0.2, 0.25) is 0 Å². The molecular formula is C16H25NO. The molecular weight excluding hydrogens is 222 g/mol. The zero-order valence-electron chi connectivity index (χ0n) is 11.8. The largest absolute Gasteiger partial charge is 0.380 e. The van der Waals surface area contributed by atoms with Crippen LogP contribution in [0.2, 0.25) is 0 Å². The van der Waals surface area contributed by atoms with Gasteiger partial charge < -0.3 is 10.5 Å². The molecule has 1 aliphatic rings. The van der Waals surface area contributed by atoms with Crippen molar-refractivity contribution < 1.29 is 4.74 Å². The number of fused-ring (bicyclic) bond motifs is 1. The van der Waals surface area contributed by atoms with E-state index in [-0.39, 0.29) is 12.1 Å². The number of benzene rings is 1. The van der Waals surface area contributed by atoms with E-state index in [0.29, 0.717) is 5.92 Å². The number of aryl methyl sites for hydroxylation is 2. The van der Waals surface area contributed by atoms with Gasteiger partial charge in [-0.15, -0.1) is 0 Å². The van der Waals surface area contributed by atoms with E-state index in [0.717, 1.165) is 6.42 Å². The van der Waals surface area contributed by atoms with E-state index in [2.05, 4.69) is 32.0 Å². The fraction of sp³-hybridized carbons (Fsp3) is 0.625. The van der Waals surface area contributed by atoms with Crippen LogP contribution in [0.4, 0.5) is 0 Å². The Labute approximate surface area is 111 Å². The van der Waals surface area contributed by atoms with E-state index < -0.39 is 0 Å². The molecule has 2 unspecified atom stereocenters. The number of hydrogen-bond donors (Lipinski definition) is 1. The van der Waals surface area contributed by atoms with Gasteiger partial charge in [-0.1, -0.05) is 32.0 Å². The molecule has 100 valence electrons. The van der Waals surface area contributed by atoms with Gasteiger partial charge in [-0.3, -0.25) is 0 Å². The molecule has 1 aliphatic carbocycles. The van der Waals surface area contributed by atoms with Gasteiger partial charge >= 0.3 is 0 Å². The third-order valence-corrected chi connectivity index (χ3v) is 3.99. The Kier molecular flexibility index (Phi) is 4.41. The van der Waals surface area contributed by atoms with Crippen molar-refractivity contribution in [3.8, 4) is 0 Å². The van der Waals surface area contributed by atoms with Gasteiger partial charge in [0.05, 0.1) is 6.10 Å². The maximum atomic E-state index is 6.28. The highest BCUT2D eigenvalue weighted by Crippen LogP contribution is 2.24. The molecule has 1 aromatic carbocycles. The van der Waals surface area contributed by atoms with Crippen LogP contribution in [0.3, 0.4) is 0 Å². The van der Waals surface area contributed by atoms with Gasteiger partial charge in [0, 0.05) is 13.2 Å². The molecule has 0 aromatic heterocycles. The number of nitrogens with two attached hydrogens (primary N) is 1. The first-order chi connectivity index (χ1) is 8.61. The summed E-state index contributed by atoms with van der Waals surface area (Å²) < 4.78 is 5.51. The van der Waals surface area contributed by atoms with Crippen molar-refractivity contribution >= 4 is 0 Å². The van der Waals surface area contributed by atoms with Crippen LogP contribution in [0.5, 0.6) is 0 Å². The first kappa shape index (κ1) is 13.6. The van der Waals surface area contributed by atoms with Crippen LogP contribution in [0.15, 0.2) is 18.2 Å². The molecule has 0 fully saturated rings. The molecule has 0 radical (unpaired) electrons. The zero-order chi connectivity index (χ0) is 13.1. The molecule has 0 heterocycles. The van der Waals surface area contributed by atoms with E-state index >= 15 is 0 Å². The monoisotopic (exact) mass is 247 g/mol. The fourth-order valence-corrected chi connectivity index (χ4v) is 3.08. The van der Waals surface area contributed by atoms with Gasteiger partial charge in [-0.25, -0.2) is 0 Å². The standard InChI is InChI=1S/C16H25NO/c1-11(2)16(18-3)15(17)10-12-7-8-13-5-4-6-14(13)9-12/h7-9,11,15-16H,4-6,10,17H2,1-3H3. The number of rotatable bonds is 5. The van der Waals surface area contributed by atoms with E-state index in [1.165, 1.54) is 36.0 Å². The minimum absolute atomic E-state index is 0.0782. The maximum Gasteiger partial charge on any atom is 0.0748 e. The Morgan fingerprint density at radius 3 is 2.61 bits per heavy atom. The van der Waals surface area contributed by atoms with Crippen molar-refractivity contribution in [2.45, 2.75) is 51.7 Å². The van der Waals surface area contributed by atoms with Crippen molar-refractivity contribution in [3.05, 3.63) is 34.9 Å². The molecule has 0 amide bonds. The van der Waals surface area contributed by atoms with Crippen LogP contribution in [0.25, 0.3) is 0 Å². The highest BCUT2D eigenvalue weighted by molar-refractivity contribution is 5.35. The van der Waals surface area contributed by atoms with Gasteiger partial charge in [-0.05, 0) is 48.3 Å². The summed E-state index contributed by atoms with van der Waals surface area (Å²) in [5.74, 6) is 0.458. The molecule has 2 N–H and O–H groups in total. The van der Waals surface area contributed by atoms with Crippen molar-refractivity contribution in [1.82, 2.24) is 0 Å². The normalized spacial score (nSPS) is 17.8. The smallest absolute Gasteiger partial charge is 0.0748 e. The highest BCUT2D eigenvalue weighted by Gasteiger charge is 2.21. The molecule has 0 spiro atoms. The Bertz CT molecular complexity index is 400. The highest BCUT2D eigenvalue weighted by atomic mass is 16.5. The van der Waals surface area contributed by atoms with Crippen LogP contribution < -0.4 is 5.73 Å². The summed E-state index contributed by atoms with van der Waals surface area (Å²) in [7, 11) is 1.76. The van der Waals surface area contributed by atoms with Gasteiger partial charge in [0.15, 0.2) is 0 Å². The predicted octanol–water partition coefficient (Wildman–Crippen LogP) is 2.72. The first-order valence-electron chi connectivity index (χ1n) is 7.01. The second-order valence-electron chi connectivity index (χ2n) is 5.77. The lowest BCUT2D eigenvalue weighted by atomic mass is 9.93. The number of hydrogen-bond acceptors (Lipinski definition) is 2. The molecule has 1 aromatic rings. The minimum atomic E-state index is 0.0782. The fourth-order valence-electron chi connectivity index (χ4n) is 3.08. The molecule has 2 nitrogen and oxygen atoms in total. The minimum Gasteiger partial charge on any atom is -0.380 e. The van der Waals surface area contributed by atoms with Gasteiger partial charge in [0.25, 0.3) is 0 Å². The second-order valence-corrected chi connectivity index (χ2v) is 5.77. The SMILES string of the molecule is COC(C(C)C)C(N)Cc1ccc2c(c1)CCC2. The lowest BCUT2D eigenvalue weighted by molar-refractivity contribution is 0.0441. The Hall–Kier alpha value is -0.860. The quantitative estimate of drug-likeness (QED) is 0.868. The van der Waals surface area contributed by atoms with Crippen LogP contribution in [0.1, 0.15) is 37.0 Å². The average molecular weight is 247 g/mol. The Morgan fingerprint density at radius 1 is 1.22 bits per heavy atom. The van der Waals surface area contributed by atoms with Crippen molar-refractivity contribution in [2.75, 3.05) is 7.11 Å². The summed E-state index contributed by atoms with van der Waals surface area (Å²) in [6, 6.07) is 6.93. The summed E-state index contributed by atoms with van der Waals surface area (Å²) in [5.41, 5.74) is 10.7. The van der Waals surface area contributed by atoms with Crippen LogP contribution >= 0.6 is 0 Å². The lowest BCUT2D eigenvalue weighted by Gasteiger charge is -2.26. The summed E-state index contributed by atoms with van der Waals surface area (Å²) in [6.07, 6.45) is 4.82. The van der Waals surface area contributed by atoms with Crippen molar-refractivity contribution in [2.24, 2.45) is 11.7 Å². The van der Waals surface area contributed by atoms with Crippen LogP contribution in [0, 0.1) is 5.92 Å².